The smallest absolute Gasteiger partial charge is 0.119 e. The summed E-state index contributed by atoms with van der Waals surface area (Å²) in [5, 5.41) is 7.53. The summed E-state index contributed by atoms with van der Waals surface area (Å²) in [5.74, 6) is 0.837. The molecule has 0 unspecified atom stereocenters. The molecule has 1 aromatic heterocycles. The van der Waals surface area contributed by atoms with E-state index in [0.717, 1.165) is 22.7 Å². The van der Waals surface area contributed by atoms with Gasteiger partial charge in [-0.05, 0) is 24.6 Å². The Morgan fingerprint density at radius 1 is 1.42 bits per heavy atom. The number of halogens is 1. The molecule has 0 fully saturated rings. The molecule has 1 N–H and O–H groups in total. The van der Waals surface area contributed by atoms with Gasteiger partial charge in [-0.1, -0.05) is 12.1 Å². The van der Waals surface area contributed by atoms with Gasteiger partial charge >= 0.3 is 0 Å². The quantitative estimate of drug-likeness (QED) is 0.871. The summed E-state index contributed by atoms with van der Waals surface area (Å²) >= 11 is 0. The first-order valence-electron chi connectivity index (χ1n) is 6.19. The van der Waals surface area contributed by atoms with Gasteiger partial charge in [0.05, 0.1) is 25.0 Å². The number of nitrogens with one attached hydrogen (secondary N) is 1. The number of alkyl halides is 1. The molecule has 1 aromatic carbocycles. The number of nitrogens with zero attached hydrogens (tertiary/aromatic N) is 2. The normalized spacial score (nSPS) is 10.5. The van der Waals surface area contributed by atoms with Gasteiger partial charge in [0.1, 0.15) is 12.4 Å². The maximum absolute atomic E-state index is 12.3. The van der Waals surface area contributed by atoms with Gasteiger partial charge < -0.3 is 10.1 Å². The van der Waals surface area contributed by atoms with Crippen LogP contribution in [0.1, 0.15) is 11.3 Å². The zero-order valence-electron chi connectivity index (χ0n) is 11.2. The molecule has 0 bridgehead atoms. The van der Waals surface area contributed by atoms with Crippen molar-refractivity contribution in [2.45, 2.75) is 20.0 Å². The van der Waals surface area contributed by atoms with Gasteiger partial charge in [0.2, 0.25) is 0 Å². The van der Waals surface area contributed by atoms with Crippen molar-refractivity contribution in [1.82, 2.24) is 9.78 Å². The lowest BCUT2D eigenvalue weighted by Crippen LogP contribution is -2.00. The highest BCUT2D eigenvalue weighted by molar-refractivity contribution is 5.46. The second-order valence-electron chi connectivity index (χ2n) is 4.29. The molecule has 0 saturated heterocycles. The maximum atomic E-state index is 12.3. The Balaban J connectivity index is 2.01. The SMILES string of the molecule is COc1cccc(CNc2cn(CCF)nc2C)c1. The first-order chi connectivity index (χ1) is 9.22. The number of ether oxygens (including phenoxy) is 1. The third kappa shape index (κ3) is 3.47. The first-order valence-corrected chi connectivity index (χ1v) is 6.19. The molecule has 0 aliphatic heterocycles. The van der Waals surface area contributed by atoms with Crippen LogP contribution in [0.25, 0.3) is 0 Å². The van der Waals surface area contributed by atoms with Crippen LogP contribution in [-0.4, -0.2) is 23.6 Å². The highest BCUT2D eigenvalue weighted by Crippen LogP contribution is 2.16. The zero-order chi connectivity index (χ0) is 13.7. The summed E-state index contributed by atoms with van der Waals surface area (Å²) < 4.78 is 19.1. The number of aromatic nitrogens is 2. The van der Waals surface area contributed by atoms with E-state index in [-0.39, 0.29) is 0 Å². The molecule has 19 heavy (non-hydrogen) atoms. The Labute approximate surface area is 112 Å². The fraction of sp³-hybridized carbons (Fsp3) is 0.357. The lowest BCUT2D eigenvalue weighted by atomic mass is 10.2. The van der Waals surface area contributed by atoms with E-state index in [1.54, 1.807) is 11.8 Å². The molecular formula is C14H18FN3O. The molecule has 0 saturated carbocycles. The van der Waals surface area contributed by atoms with Crippen LogP contribution in [0.15, 0.2) is 30.5 Å². The van der Waals surface area contributed by atoms with Crippen LogP contribution < -0.4 is 10.1 Å². The summed E-state index contributed by atoms with van der Waals surface area (Å²) in [6.07, 6.45) is 1.83. The van der Waals surface area contributed by atoms with Crippen molar-refractivity contribution in [2.75, 3.05) is 19.1 Å². The first kappa shape index (κ1) is 13.4. The van der Waals surface area contributed by atoms with E-state index in [1.165, 1.54) is 0 Å². The van der Waals surface area contributed by atoms with Gasteiger partial charge in [-0.3, -0.25) is 4.68 Å². The van der Waals surface area contributed by atoms with Gasteiger partial charge in [0.15, 0.2) is 0 Å². The number of hydrogen-bond donors (Lipinski definition) is 1. The molecule has 0 amide bonds. The highest BCUT2D eigenvalue weighted by Gasteiger charge is 2.04. The van der Waals surface area contributed by atoms with Gasteiger partial charge in [-0.15, -0.1) is 0 Å². The van der Waals surface area contributed by atoms with Crippen molar-refractivity contribution >= 4 is 5.69 Å². The Morgan fingerprint density at radius 3 is 3.00 bits per heavy atom. The Hall–Kier alpha value is -2.04. The minimum absolute atomic E-state index is 0.293. The predicted octanol–water partition coefficient (Wildman–Crippen LogP) is 2.78. The molecule has 0 aliphatic carbocycles. The van der Waals surface area contributed by atoms with E-state index in [1.807, 2.05) is 37.4 Å². The summed E-state index contributed by atoms with van der Waals surface area (Å²) in [5.41, 5.74) is 2.92. The molecule has 5 heteroatoms. The topological polar surface area (TPSA) is 39.1 Å². The summed E-state index contributed by atoms with van der Waals surface area (Å²) in [6, 6.07) is 7.87. The van der Waals surface area contributed by atoms with E-state index in [9.17, 15) is 4.39 Å². The zero-order valence-corrected chi connectivity index (χ0v) is 11.2. The van der Waals surface area contributed by atoms with Crippen LogP contribution in [0.3, 0.4) is 0 Å². The summed E-state index contributed by atoms with van der Waals surface area (Å²) in [4.78, 5) is 0. The van der Waals surface area contributed by atoms with Crippen LogP contribution >= 0.6 is 0 Å². The average molecular weight is 263 g/mol. The predicted molar refractivity (Wildman–Crippen MR) is 73.3 cm³/mol. The Morgan fingerprint density at radius 2 is 2.26 bits per heavy atom. The molecule has 0 atom stereocenters. The second kappa shape index (κ2) is 6.22. The highest BCUT2D eigenvalue weighted by atomic mass is 19.1. The lowest BCUT2D eigenvalue weighted by molar-refractivity contribution is 0.414. The fourth-order valence-electron chi connectivity index (χ4n) is 1.87. The maximum Gasteiger partial charge on any atom is 0.119 e. The molecule has 2 rings (SSSR count). The molecule has 0 aliphatic rings. The minimum atomic E-state index is -0.406. The third-order valence-corrected chi connectivity index (χ3v) is 2.88. The molecule has 4 nitrogen and oxygen atoms in total. The summed E-state index contributed by atoms with van der Waals surface area (Å²) in [6.45, 7) is 2.47. The van der Waals surface area contributed by atoms with Crippen molar-refractivity contribution in [3.05, 3.63) is 41.7 Å². The number of hydrogen-bond acceptors (Lipinski definition) is 3. The second-order valence-corrected chi connectivity index (χ2v) is 4.29. The molecule has 0 radical (unpaired) electrons. The number of benzene rings is 1. The van der Waals surface area contributed by atoms with E-state index < -0.39 is 6.67 Å². The molecule has 102 valence electrons. The molecule has 0 spiro atoms. The van der Waals surface area contributed by atoms with Crippen LogP contribution in [-0.2, 0) is 13.1 Å². The summed E-state index contributed by atoms with van der Waals surface area (Å²) in [7, 11) is 1.65. The van der Waals surface area contributed by atoms with Crippen molar-refractivity contribution in [3.8, 4) is 5.75 Å². The van der Waals surface area contributed by atoms with Gasteiger partial charge in [-0.2, -0.15) is 5.10 Å². The van der Waals surface area contributed by atoms with E-state index in [2.05, 4.69) is 10.4 Å². The van der Waals surface area contributed by atoms with Gasteiger partial charge in [-0.25, -0.2) is 4.39 Å². The molecular weight excluding hydrogens is 245 g/mol. The van der Waals surface area contributed by atoms with Crippen molar-refractivity contribution in [3.63, 3.8) is 0 Å². The number of anilines is 1. The van der Waals surface area contributed by atoms with E-state index >= 15 is 0 Å². The van der Waals surface area contributed by atoms with Crippen molar-refractivity contribution in [2.24, 2.45) is 0 Å². The van der Waals surface area contributed by atoms with E-state index in [4.69, 9.17) is 4.74 Å². The fourth-order valence-corrected chi connectivity index (χ4v) is 1.87. The van der Waals surface area contributed by atoms with Crippen molar-refractivity contribution in [1.29, 1.82) is 0 Å². The lowest BCUT2D eigenvalue weighted by Gasteiger charge is -2.06. The monoisotopic (exact) mass is 263 g/mol. The largest absolute Gasteiger partial charge is 0.497 e. The van der Waals surface area contributed by atoms with Gasteiger partial charge in [0.25, 0.3) is 0 Å². The number of methoxy groups -OCH3 is 1. The Bertz CT molecular complexity index is 539. The van der Waals surface area contributed by atoms with Crippen LogP contribution in [0.2, 0.25) is 0 Å². The minimum Gasteiger partial charge on any atom is -0.497 e. The molecule has 2 aromatic rings. The van der Waals surface area contributed by atoms with Crippen molar-refractivity contribution < 1.29 is 9.13 Å². The average Bonchev–Trinajstić information content (AvgIpc) is 2.77. The number of rotatable bonds is 6. The van der Waals surface area contributed by atoms with Crippen LogP contribution in [0.4, 0.5) is 10.1 Å². The standard InChI is InChI=1S/C14H18FN3O/c1-11-14(10-18(17-11)7-6-15)16-9-12-4-3-5-13(8-12)19-2/h3-5,8,10,16H,6-7,9H2,1-2H3. The van der Waals surface area contributed by atoms with Crippen LogP contribution in [0, 0.1) is 6.92 Å². The third-order valence-electron chi connectivity index (χ3n) is 2.88. The Kier molecular flexibility index (Phi) is 4.39. The van der Waals surface area contributed by atoms with Gasteiger partial charge in [0, 0.05) is 12.7 Å². The van der Waals surface area contributed by atoms with E-state index in [0.29, 0.717) is 13.1 Å². The molecule has 1 heterocycles. The van der Waals surface area contributed by atoms with Crippen LogP contribution in [0.5, 0.6) is 5.75 Å². The number of aryl methyl sites for hydroxylation is 2.